The fourth-order valence-corrected chi connectivity index (χ4v) is 5.35. The third kappa shape index (κ3) is 5.96. The maximum Gasteiger partial charge on any atom is 0.224 e. The number of rotatable bonds is 9. The second kappa shape index (κ2) is 10.1. The Kier molecular flexibility index (Phi) is 7.55. The zero-order chi connectivity index (χ0) is 19.1. The van der Waals surface area contributed by atoms with Crippen LogP contribution in [0, 0.1) is 6.92 Å². The number of unbranched alkanes of at least 4 members (excludes halogenated alkanes) is 2. The number of carbonyl (C=O) groups excluding carboxylic acids is 1. The van der Waals surface area contributed by atoms with Crippen LogP contribution in [-0.2, 0) is 4.79 Å². The molecular formula is C20H23N3OS3. The van der Waals surface area contributed by atoms with Crippen LogP contribution in [0.2, 0.25) is 0 Å². The van der Waals surface area contributed by atoms with Gasteiger partial charge < -0.3 is 5.32 Å². The number of amides is 1. The van der Waals surface area contributed by atoms with Crippen LogP contribution in [0.3, 0.4) is 0 Å². The molecule has 0 radical (unpaired) electrons. The quantitative estimate of drug-likeness (QED) is 0.341. The fourth-order valence-electron chi connectivity index (χ4n) is 2.63. The number of thioether (sulfide) groups is 2. The molecule has 0 fully saturated rings. The Morgan fingerprint density at radius 1 is 1.11 bits per heavy atom. The van der Waals surface area contributed by atoms with E-state index in [1.807, 2.05) is 43.1 Å². The third-order valence-corrected chi connectivity index (χ3v) is 6.98. The SMILES string of the molecule is CSc1nc(C)ccc1NC(=O)CCCCCSc1nc2ccccc2s1. The van der Waals surface area contributed by atoms with Gasteiger partial charge in [-0.2, -0.15) is 0 Å². The summed E-state index contributed by atoms with van der Waals surface area (Å²) in [6, 6.07) is 12.1. The van der Waals surface area contributed by atoms with Gasteiger partial charge in [0.2, 0.25) is 5.91 Å². The van der Waals surface area contributed by atoms with Crippen LogP contribution in [-0.4, -0.2) is 27.9 Å². The van der Waals surface area contributed by atoms with E-state index in [9.17, 15) is 4.79 Å². The number of para-hydroxylation sites is 1. The van der Waals surface area contributed by atoms with Crippen molar-refractivity contribution >= 4 is 56.7 Å². The summed E-state index contributed by atoms with van der Waals surface area (Å²) in [5.41, 5.74) is 2.85. The second-order valence-corrected chi connectivity index (χ2v) is 9.33. The molecule has 3 rings (SSSR count). The van der Waals surface area contributed by atoms with Gasteiger partial charge >= 0.3 is 0 Å². The average Bonchev–Trinajstić information content (AvgIpc) is 3.08. The van der Waals surface area contributed by atoms with Crippen molar-refractivity contribution in [1.29, 1.82) is 0 Å². The van der Waals surface area contributed by atoms with Crippen LogP contribution in [0.5, 0.6) is 0 Å². The summed E-state index contributed by atoms with van der Waals surface area (Å²) in [6.07, 6.45) is 5.57. The summed E-state index contributed by atoms with van der Waals surface area (Å²) in [5, 5.41) is 3.86. The number of thiazole rings is 1. The van der Waals surface area contributed by atoms with E-state index in [1.165, 1.54) is 4.70 Å². The van der Waals surface area contributed by atoms with Gasteiger partial charge in [-0.05, 0) is 50.3 Å². The van der Waals surface area contributed by atoms with Crippen molar-refractivity contribution in [1.82, 2.24) is 9.97 Å². The molecule has 0 aliphatic heterocycles. The van der Waals surface area contributed by atoms with Gasteiger partial charge in [0.1, 0.15) is 5.03 Å². The summed E-state index contributed by atoms with van der Waals surface area (Å²) < 4.78 is 2.37. The van der Waals surface area contributed by atoms with E-state index in [1.54, 1.807) is 23.1 Å². The first-order valence-corrected chi connectivity index (χ1v) is 12.0. The molecule has 1 N–H and O–H groups in total. The molecule has 2 heterocycles. The van der Waals surface area contributed by atoms with E-state index >= 15 is 0 Å². The van der Waals surface area contributed by atoms with E-state index in [0.29, 0.717) is 6.42 Å². The van der Waals surface area contributed by atoms with E-state index < -0.39 is 0 Å². The number of nitrogens with one attached hydrogen (secondary N) is 1. The number of benzene rings is 1. The highest BCUT2D eigenvalue weighted by Crippen LogP contribution is 2.30. The van der Waals surface area contributed by atoms with E-state index in [-0.39, 0.29) is 5.91 Å². The average molecular weight is 418 g/mol. The van der Waals surface area contributed by atoms with Crippen LogP contribution in [0.25, 0.3) is 10.2 Å². The molecule has 0 saturated heterocycles. The summed E-state index contributed by atoms with van der Waals surface area (Å²) in [5.74, 6) is 1.11. The topological polar surface area (TPSA) is 54.9 Å². The van der Waals surface area contributed by atoms with Gasteiger partial charge in [-0.15, -0.1) is 23.1 Å². The Bertz CT molecular complexity index is 877. The van der Waals surface area contributed by atoms with Gasteiger partial charge in [0.25, 0.3) is 0 Å². The third-order valence-electron chi connectivity index (χ3n) is 4.01. The highest BCUT2D eigenvalue weighted by Gasteiger charge is 2.08. The van der Waals surface area contributed by atoms with Gasteiger partial charge in [0, 0.05) is 17.9 Å². The highest BCUT2D eigenvalue weighted by atomic mass is 32.2. The first kappa shape index (κ1) is 20.2. The van der Waals surface area contributed by atoms with Crippen molar-refractivity contribution in [3.8, 4) is 0 Å². The molecule has 2 aromatic heterocycles. The molecule has 7 heteroatoms. The lowest BCUT2D eigenvalue weighted by molar-refractivity contribution is -0.116. The number of nitrogens with zero attached hydrogens (tertiary/aromatic N) is 2. The lowest BCUT2D eigenvalue weighted by Gasteiger charge is -2.09. The molecule has 0 atom stereocenters. The van der Waals surface area contributed by atoms with Crippen molar-refractivity contribution in [2.75, 3.05) is 17.3 Å². The summed E-state index contributed by atoms with van der Waals surface area (Å²) in [6.45, 7) is 1.96. The van der Waals surface area contributed by atoms with Crippen LogP contribution in [0.15, 0.2) is 45.8 Å². The van der Waals surface area contributed by atoms with E-state index in [4.69, 9.17) is 0 Å². The first-order valence-electron chi connectivity index (χ1n) is 8.95. The molecule has 0 aliphatic rings. The molecule has 0 spiro atoms. The van der Waals surface area contributed by atoms with Crippen molar-refractivity contribution in [2.24, 2.45) is 0 Å². The van der Waals surface area contributed by atoms with Crippen molar-refractivity contribution in [3.63, 3.8) is 0 Å². The maximum atomic E-state index is 12.2. The van der Waals surface area contributed by atoms with Crippen molar-refractivity contribution in [3.05, 3.63) is 42.1 Å². The standard InChI is InChI=1S/C20H23N3OS3/c1-14-11-12-16(19(21-14)25-2)22-18(24)10-4-3-7-13-26-20-23-15-8-5-6-9-17(15)27-20/h5-6,8-9,11-12H,3-4,7,10,13H2,1-2H3,(H,22,24). The van der Waals surface area contributed by atoms with Crippen LogP contribution in [0.1, 0.15) is 31.4 Å². The molecule has 1 amide bonds. The zero-order valence-corrected chi connectivity index (χ0v) is 18.0. The van der Waals surface area contributed by atoms with Gasteiger partial charge in [-0.3, -0.25) is 4.79 Å². The Labute approximate surface area is 172 Å². The number of aromatic nitrogens is 2. The molecule has 0 saturated carbocycles. The number of aryl methyl sites for hydroxylation is 1. The molecule has 142 valence electrons. The van der Waals surface area contributed by atoms with Crippen LogP contribution >= 0.6 is 34.9 Å². The number of anilines is 1. The molecule has 0 bridgehead atoms. The van der Waals surface area contributed by atoms with Crippen LogP contribution < -0.4 is 5.32 Å². The molecule has 4 nitrogen and oxygen atoms in total. The molecule has 27 heavy (non-hydrogen) atoms. The van der Waals surface area contributed by atoms with Gasteiger partial charge in [-0.1, -0.05) is 30.3 Å². The Balaban J connectivity index is 1.34. The maximum absolute atomic E-state index is 12.2. The van der Waals surface area contributed by atoms with Crippen LogP contribution in [0.4, 0.5) is 5.69 Å². The molecular weight excluding hydrogens is 394 g/mol. The van der Waals surface area contributed by atoms with Gasteiger partial charge in [0.15, 0.2) is 4.34 Å². The monoisotopic (exact) mass is 417 g/mol. The normalized spacial score (nSPS) is 11.0. The molecule has 0 unspecified atom stereocenters. The van der Waals surface area contributed by atoms with Gasteiger partial charge in [-0.25, -0.2) is 9.97 Å². The zero-order valence-electron chi connectivity index (χ0n) is 15.5. The molecule has 3 aromatic rings. The van der Waals surface area contributed by atoms with E-state index in [0.717, 1.165) is 51.3 Å². The van der Waals surface area contributed by atoms with Crippen molar-refractivity contribution in [2.45, 2.75) is 42.0 Å². The highest BCUT2D eigenvalue weighted by molar-refractivity contribution is 8.01. The summed E-state index contributed by atoms with van der Waals surface area (Å²) in [4.78, 5) is 21.2. The largest absolute Gasteiger partial charge is 0.324 e. The Hall–Kier alpha value is -1.57. The smallest absolute Gasteiger partial charge is 0.224 e. The minimum atomic E-state index is 0.0646. The number of hydrogen-bond acceptors (Lipinski definition) is 6. The first-order chi connectivity index (χ1) is 13.2. The lowest BCUT2D eigenvalue weighted by Crippen LogP contribution is -2.12. The Morgan fingerprint density at radius 2 is 1.96 bits per heavy atom. The fraction of sp³-hybridized carbons (Fsp3) is 0.350. The number of pyridine rings is 1. The number of hydrogen-bond donors (Lipinski definition) is 1. The van der Waals surface area contributed by atoms with Crippen molar-refractivity contribution < 1.29 is 4.79 Å². The minimum Gasteiger partial charge on any atom is -0.324 e. The molecule has 1 aromatic carbocycles. The summed E-state index contributed by atoms with van der Waals surface area (Å²) in [7, 11) is 0. The number of fused-ring (bicyclic) bond motifs is 1. The molecule has 0 aliphatic carbocycles. The van der Waals surface area contributed by atoms with Gasteiger partial charge in [0.05, 0.1) is 15.9 Å². The number of carbonyl (C=O) groups is 1. The lowest BCUT2D eigenvalue weighted by atomic mass is 10.2. The predicted molar refractivity (Wildman–Crippen MR) is 118 cm³/mol. The Morgan fingerprint density at radius 3 is 2.78 bits per heavy atom. The summed E-state index contributed by atoms with van der Waals surface area (Å²) >= 11 is 5.11. The second-order valence-electron chi connectivity index (χ2n) is 6.16. The predicted octanol–water partition coefficient (Wildman–Crippen LogP) is 6.01. The minimum absolute atomic E-state index is 0.0646. The van der Waals surface area contributed by atoms with E-state index in [2.05, 4.69) is 33.5 Å².